The van der Waals surface area contributed by atoms with E-state index < -0.39 is 18.2 Å². The van der Waals surface area contributed by atoms with E-state index in [1.54, 1.807) is 7.05 Å². The molecule has 2 atom stereocenters. The minimum absolute atomic E-state index is 0.321. The molecule has 2 rings (SSSR count). The topological polar surface area (TPSA) is 103 Å². The van der Waals surface area contributed by atoms with Gasteiger partial charge in [0.15, 0.2) is 12.2 Å². The third-order valence-corrected chi connectivity index (χ3v) is 3.49. The fraction of sp³-hybridized carbons (Fsp3) is 0.727. The highest BCUT2D eigenvalue weighted by molar-refractivity contribution is 6.03. The SMILES string of the molecule is CCCCCN1C(NN)=NC2C1C(=O)NC(=O)N2C. The Morgan fingerprint density at radius 3 is 2.79 bits per heavy atom. The highest BCUT2D eigenvalue weighted by Crippen LogP contribution is 2.23. The number of hydrogen-bond acceptors (Lipinski definition) is 6. The van der Waals surface area contributed by atoms with Gasteiger partial charge in [-0.2, -0.15) is 0 Å². The van der Waals surface area contributed by atoms with Crippen molar-refractivity contribution in [3.05, 3.63) is 0 Å². The monoisotopic (exact) mass is 268 g/mol. The third kappa shape index (κ3) is 2.35. The van der Waals surface area contributed by atoms with E-state index in [0.717, 1.165) is 19.3 Å². The number of guanidine groups is 1. The molecule has 19 heavy (non-hydrogen) atoms. The van der Waals surface area contributed by atoms with Crippen molar-refractivity contribution in [3.8, 4) is 0 Å². The van der Waals surface area contributed by atoms with E-state index >= 15 is 0 Å². The van der Waals surface area contributed by atoms with Crippen molar-refractivity contribution >= 4 is 17.9 Å². The number of hydrazine groups is 1. The fourth-order valence-electron chi connectivity index (χ4n) is 2.42. The lowest BCUT2D eigenvalue weighted by atomic mass is 10.1. The van der Waals surface area contributed by atoms with E-state index in [1.807, 2.05) is 4.90 Å². The van der Waals surface area contributed by atoms with Crippen molar-refractivity contribution in [2.45, 2.75) is 38.4 Å². The van der Waals surface area contributed by atoms with Gasteiger partial charge >= 0.3 is 6.03 Å². The molecule has 0 radical (unpaired) electrons. The number of likely N-dealkylation sites (N-methyl/N-ethyl adjacent to an activating group) is 1. The third-order valence-electron chi connectivity index (χ3n) is 3.49. The molecule has 1 saturated heterocycles. The zero-order valence-electron chi connectivity index (χ0n) is 11.2. The number of urea groups is 1. The van der Waals surface area contributed by atoms with Gasteiger partial charge in [-0.1, -0.05) is 19.8 Å². The maximum atomic E-state index is 12.0. The number of nitrogens with two attached hydrogens (primary N) is 1. The standard InChI is InChI=1S/C11H20N6O2/c1-3-4-5-6-17-7-8(13-10(17)15-12)16(2)11(19)14-9(7)18/h7-8H,3-6,12H2,1-2H3,(H,13,15)(H,14,18,19). The summed E-state index contributed by atoms with van der Waals surface area (Å²) < 4.78 is 0. The smallest absolute Gasteiger partial charge is 0.325 e. The molecule has 2 unspecified atom stereocenters. The van der Waals surface area contributed by atoms with E-state index in [1.165, 1.54) is 4.90 Å². The van der Waals surface area contributed by atoms with Gasteiger partial charge in [0.25, 0.3) is 5.91 Å². The second kappa shape index (κ2) is 5.43. The molecule has 0 saturated carbocycles. The van der Waals surface area contributed by atoms with Gasteiger partial charge in [-0.25, -0.2) is 15.6 Å². The summed E-state index contributed by atoms with van der Waals surface area (Å²) in [7, 11) is 1.62. The number of imide groups is 1. The Hall–Kier alpha value is -1.83. The first-order valence-corrected chi connectivity index (χ1v) is 6.48. The largest absolute Gasteiger partial charge is 0.326 e. The van der Waals surface area contributed by atoms with Crippen molar-refractivity contribution in [2.24, 2.45) is 10.8 Å². The van der Waals surface area contributed by atoms with Gasteiger partial charge in [-0.3, -0.25) is 15.5 Å². The molecule has 1 fully saturated rings. The van der Waals surface area contributed by atoms with Crippen LogP contribution in [0.4, 0.5) is 4.79 Å². The number of aliphatic imine (C=N–C) groups is 1. The van der Waals surface area contributed by atoms with Crippen molar-refractivity contribution < 1.29 is 9.59 Å². The van der Waals surface area contributed by atoms with Crippen LogP contribution in [0, 0.1) is 0 Å². The van der Waals surface area contributed by atoms with Crippen LogP contribution in [0.2, 0.25) is 0 Å². The van der Waals surface area contributed by atoms with Crippen LogP contribution in [-0.4, -0.2) is 53.5 Å². The Kier molecular flexibility index (Phi) is 3.89. The molecule has 8 nitrogen and oxygen atoms in total. The average Bonchev–Trinajstić information content (AvgIpc) is 2.76. The number of nitrogens with one attached hydrogen (secondary N) is 2. The van der Waals surface area contributed by atoms with E-state index in [9.17, 15) is 9.59 Å². The van der Waals surface area contributed by atoms with Gasteiger partial charge in [0, 0.05) is 13.6 Å². The van der Waals surface area contributed by atoms with Gasteiger partial charge < -0.3 is 9.80 Å². The number of unbranched alkanes of at least 4 members (excludes halogenated alkanes) is 2. The van der Waals surface area contributed by atoms with Gasteiger partial charge in [0.1, 0.15) is 0 Å². The van der Waals surface area contributed by atoms with Crippen molar-refractivity contribution in [3.63, 3.8) is 0 Å². The number of carbonyl (C=O) groups is 2. The summed E-state index contributed by atoms with van der Waals surface area (Å²) in [4.78, 5) is 31.1. The minimum Gasteiger partial charge on any atom is -0.326 e. The lowest BCUT2D eigenvalue weighted by Crippen LogP contribution is -2.64. The Morgan fingerprint density at radius 2 is 2.16 bits per heavy atom. The summed E-state index contributed by atoms with van der Waals surface area (Å²) in [6.07, 6.45) is 2.61. The van der Waals surface area contributed by atoms with Crippen molar-refractivity contribution in [1.82, 2.24) is 20.5 Å². The highest BCUT2D eigenvalue weighted by atomic mass is 16.2. The number of amides is 3. The quantitative estimate of drug-likeness (QED) is 0.351. The second-order valence-corrected chi connectivity index (χ2v) is 4.76. The van der Waals surface area contributed by atoms with Crippen LogP contribution >= 0.6 is 0 Å². The van der Waals surface area contributed by atoms with Crippen LogP contribution < -0.4 is 16.6 Å². The molecule has 0 aromatic heterocycles. The zero-order valence-corrected chi connectivity index (χ0v) is 11.2. The number of rotatable bonds is 4. The molecule has 106 valence electrons. The molecule has 2 heterocycles. The summed E-state index contributed by atoms with van der Waals surface area (Å²) in [5, 5.41) is 2.33. The normalized spacial score (nSPS) is 26.2. The van der Waals surface area contributed by atoms with Crippen LogP contribution in [-0.2, 0) is 4.79 Å². The number of carbonyl (C=O) groups excluding carboxylic acids is 2. The Balaban J connectivity index is 2.17. The molecular weight excluding hydrogens is 248 g/mol. The second-order valence-electron chi connectivity index (χ2n) is 4.76. The molecule has 0 bridgehead atoms. The maximum Gasteiger partial charge on any atom is 0.325 e. The lowest BCUT2D eigenvalue weighted by molar-refractivity contribution is -0.127. The van der Waals surface area contributed by atoms with Crippen molar-refractivity contribution in [1.29, 1.82) is 0 Å². The summed E-state index contributed by atoms with van der Waals surface area (Å²) in [5.41, 5.74) is 2.51. The molecule has 2 aliphatic heterocycles. The van der Waals surface area contributed by atoms with E-state index in [2.05, 4.69) is 22.7 Å². The van der Waals surface area contributed by atoms with E-state index in [4.69, 9.17) is 5.84 Å². The van der Waals surface area contributed by atoms with Crippen molar-refractivity contribution in [2.75, 3.05) is 13.6 Å². The molecule has 8 heteroatoms. The first-order valence-electron chi connectivity index (χ1n) is 6.48. The van der Waals surface area contributed by atoms with Gasteiger partial charge in [0.2, 0.25) is 5.96 Å². The molecular formula is C11H20N6O2. The predicted molar refractivity (Wildman–Crippen MR) is 69.9 cm³/mol. The molecule has 0 spiro atoms. The van der Waals surface area contributed by atoms with Crippen LogP contribution in [0.15, 0.2) is 4.99 Å². The van der Waals surface area contributed by atoms with Crippen LogP contribution in [0.25, 0.3) is 0 Å². The predicted octanol–water partition coefficient (Wildman–Crippen LogP) is -0.812. The zero-order chi connectivity index (χ0) is 14.0. The maximum absolute atomic E-state index is 12.0. The molecule has 2 aliphatic rings. The summed E-state index contributed by atoms with van der Waals surface area (Å²) >= 11 is 0. The van der Waals surface area contributed by atoms with Crippen LogP contribution in [0.1, 0.15) is 26.2 Å². The van der Waals surface area contributed by atoms with E-state index in [0.29, 0.717) is 12.5 Å². The molecule has 0 aromatic carbocycles. The first kappa shape index (κ1) is 13.6. The number of hydrogen-bond donors (Lipinski definition) is 3. The molecule has 0 aliphatic carbocycles. The Labute approximate surface area is 112 Å². The Morgan fingerprint density at radius 1 is 1.42 bits per heavy atom. The van der Waals surface area contributed by atoms with Crippen LogP contribution in [0.5, 0.6) is 0 Å². The van der Waals surface area contributed by atoms with Gasteiger partial charge in [-0.05, 0) is 6.42 Å². The Bertz CT molecular complexity index is 410. The highest BCUT2D eigenvalue weighted by Gasteiger charge is 2.48. The average molecular weight is 268 g/mol. The number of fused-ring (bicyclic) bond motifs is 1. The molecule has 4 N–H and O–H groups in total. The molecule has 0 aromatic rings. The minimum atomic E-state index is -0.506. The summed E-state index contributed by atoms with van der Waals surface area (Å²) in [5.74, 6) is 5.59. The van der Waals surface area contributed by atoms with E-state index in [-0.39, 0.29) is 5.91 Å². The van der Waals surface area contributed by atoms with Gasteiger partial charge in [0.05, 0.1) is 0 Å². The first-order chi connectivity index (χ1) is 9.10. The summed E-state index contributed by atoms with van der Waals surface area (Å²) in [6.45, 7) is 2.80. The summed E-state index contributed by atoms with van der Waals surface area (Å²) in [6, 6.07) is -0.924. The number of nitrogens with zero attached hydrogens (tertiary/aromatic N) is 3. The molecule has 3 amide bonds. The fourth-order valence-corrected chi connectivity index (χ4v) is 2.42. The lowest BCUT2D eigenvalue weighted by Gasteiger charge is -2.36. The van der Waals surface area contributed by atoms with Gasteiger partial charge in [-0.15, -0.1) is 0 Å². The van der Waals surface area contributed by atoms with Crippen LogP contribution in [0.3, 0.4) is 0 Å².